The molecule has 4 aromatic rings. The van der Waals surface area contributed by atoms with Gasteiger partial charge in [0.15, 0.2) is 5.13 Å². The van der Waals surface area contributed by atoms with E-state index < -0.39 is 0 Å². The van der Waals surface area contributed by atoms with Crippen LogP contribution < -0.4 is 10.2 Å². The van der Waals surface area contributed by atoms with Crippen LogP contribution in [0, 0.1) is 12.8 Å². The molecule has 0 atom stereocenters. The monoisotopic (exact) mass is 419 g/mol. The topological polar surface area (TPSA) is 84.2 Å². The Morgan fingerprint density at radius 3 is 2.67 bits per heavy atom. The van der Waals surface area contributed by atoms with Crippen molar-refractivity contribution in [2.75, 3.05) is 23.3 Å². The second kappa shape index (κ2) is 7.87. The minimum absolute atomic E-state index is 0.0276. The van der Waals surface area contributed by atoms with Crippen LogP contribution in [0.1, 0.15) is 18.4 Å². The number of carbonyl (C=O) groups excluding carboxylic acids is 1. The van der Waals surface area contributed by atoms with E-state index >= 15 is 0 Å². The number of carbonyl (C=O) groups is 1. The molecule has 0 bridgehead atoms. The standard InChI is InChI=1S/C22H21N5O2S/c1-14-6-2-3-7-16(14)19-24-22(29-26-19)27-12-10-15(11-13-27)20(28)25-21-23-17-8-4-5-9-18(17)30-21/h2-9,15H,10-13H2,1H3,(H,23,25,28). The summed E-state index contributed by atoms with van der Waals surface area (Å²) >= 11 is 1.50. The Hall–Kier alpha value is -3.26. The van der Waals surface area contributed by atoms with Gasteiger partial charge >= 0.3 is 6.01 Å². The van der Waals surface area contributed by atoms with E-state index in [1.807, 2.05) is 55.5 Å². The summed E-state index contributed by atoms with van der Waals surface area (Å²) in [5, 5.41) is 7.78. The third-order valence-corrected chi connectivity index (χ3v) is 6.41. The fourth-order valence-corrected chi connectivity index (χ4v) is 4.61. The number of benzene rings is 2. The Labute approximate surface area is 177 Å². The molecule has 30 heavy (non-hydrogen) atoms. The second-order valence-corrected chi connectivity index (χ2v) is 8.48. The predicted octanol–water partition coefficient (Wildman–Crippen LogP) is 4.51. The molecule has 1 aliphatic heterocycles. The van der Waals surface area contributed by atoms with Crippen molar-refractivity contribution in [2.24, 2.45) is 5.92 Å². The first-order chi connectivity index (χ1) is 14.7. The molecule has 0 spiro atoms. The lowest BCUT2D eigenvalue weighted by molar-refractivity contribution is -0.120. The second-order valence-electron chi connectivity index (χ2n) is 7.45. The summed E-state index contributed by atoms with van der Waals surface area (Å²) in [4.78, 5) is 23.8. The summed E-state index contributed by atoms with van der Waals surface area (Å²) in [6, 6.07) is 16.4. The first-order valence-corrected chi connectivity index (χ1v) is 10.8. The van der Waals surface area contributed by atoms with Crippen LogP contribution in [-0.4, -0.2) is 34.1 Å². The zero-order valence-corrected chi connectivity index (χ0v) is 17.4. The van der Waals surface area contributed by atoms with E-state index in [9.17, 15) is 4.79 Å². The van der Waals surface area contributed by atoms with Crippen molar-refractivity contribution in [2.45, 2.75) is 19.8 Å². The van der Waals surface area contributed by atoms with Crippen LogP contribution in [0.15, 0.2) is 53.1 Å². The molecular formula is C22H21N5O2S. The summed E-state index contributed by atoms with van der Waals surface area (Å²) in [5.41, 5.74) is 2.99. The first-order valence-electron chi connectivity index (χ1n) is 9.98. The molecule has 1 N–H and O–H groups in total. The number of fused-ring (bicyclic) bond motifs is 1. The van der Waals surface area contributed by atoms with Crippen molar-refractivity contribution in [3.05, 3.63) is 54.1 Å². The van der Waals surface area contributed by atoms with Crippen molar-refractivity contribution in [1.82, 2.24) is 15.1 Å². The summed E-state index contributed by atoms with van der Waals surface area (Å²) in [6.45, 7) is 3.43. The Balaban J connectivity index is 1.21. The predicted molar refractivity (Wildman–Crippen MR) is 118 cm³/mol. The van der Waals surface area contributed by atoms with Crippen LogP contribution >= 0.6 is 11.3 Å². The molecular weight excluding hydrogens is 398 g/mol. The third kappa shape index (κ3) is 3.66. The largest absolute Gasteiger partial charge is 0.324 e. The molecule has 0 aliphatic carbocycles. The highest BCUT2D eigenvalue weighted by molar-refractivity contribution is 7.22. The average molecular weight is 420 g/mol. The highest BCUT2D eigenvalue weighted by Gasteiger charge is 2.28. The van der Waals surface area contributed by atoms with E-state index in [0.29, 0.717) is 30.1 Å². The van der Waals surface area contributed by atoms with Gasteiger partial charge in [-0.25, -0.2) is 4.98 Å². The maximum absolute atomic E-state index is 12.7. The first kappa shape index (κ1) is 18.7. The zero-order valence-electron chi connectivity index (χ0n) is 16.5. The Morgan fingerprint density at radius 1 is 1.10 bits per heavy atom. The number of hydrogen-bond acceptors (Lipinski definition) is 7. The smallest absolute Gasteiger partial charge is 0.324 e. The number of thiazole rings is 1. The highest BCUT2D eigenvalue weighted by Crippen LogP contribution is 2.29. The number of piperidine rings is 1. The lowest BCUT2D eigenvalue weighted by atomic mass is 9.96. The molecule has 5 rings (SSSR count). The van der Waals surface area contributed by atoms with Crippen LogP contribution in [0.2, 0.25) is 0 Å². The third-order valence-electron chi connectivity index (χ3n) is 5.46. The molecule has 1 fully saturated rings. The van der Waals surface area contributed by atoms with Crippen LogP contribution in [0.5, 0.6) is 0 Å². The van der Waals surface area contributed by atoms with Crippen molar-refractivity contribution < 1.29 is 9.32 Å². The number of aryl methyl sites for hydroxylation is 1. The lowest BCUT2D eigenvalue weighted by Crippen LogP contribution is -2.38. The van der Waals surface area contributed by atoms with Gasteiger partial charge in [0.25, 0.3) is 0 Å². The van der Waals surface area contributed by atoms with Crippen LogP contribution in [0.4, 0.5) is 11.1 Å². The van der Waals surface area contributed by atoms with Gasteiger partial charge in [-0.3, -0.25) is 4.79 Å². The van der Waals surface area contributed by atoms with Crippen LogP contribution in [0.25, 0.3) is 21.6 Å². The molecule has 0 unspecified atom stereocenters. The number of nitrogens with one attached hydrogen (secondary N) is 1. The van der Waals surface area contributed by atoms with Crippen molar-refractivity contribution in [1.29, 1.82) is 0 Å². The molecule has 152 valence electrons. The average Bonchev–Trinajstić information content (AvgIpc) is 3.41. The van der Waals surface area contributed by atoms with Gasteiger partial charge in [0.1, 0.15) is 0 Å². The van der Waals surface area contributed by atoms with Gasteiger partial charge in [-0.05, 0) is 37.5 Å². The quantitative estimate of drug-likeness (QED) is 0.524. The van der Waals surface area contributed by atoms with E-state index in [0.717, 1.165) is 34.2 Å². The SMILES string of the molecule is Cc1ccccc1-c1noc(N2CCC(C(=O)Nc3nc4ccccc4s3)CC2)n1. The van der Waals surface area contributed by atoms with Gasteiger partial charge in [0.2, 0.25) is 11.7 Å². The van der Waals surface area contributed by atoms with Gasteiger partial charge in [0, 0.05) is 24.6 Å². The van der Waals surface area contributed by atoms with E-state index in [4.69, 9.17) is 4.52 Å². The summed E-state index contributed by atoms with van der Waals surface area (Å²) < 4.78 is 6.57. The fraction of sp³-hybridized carbons (Fsp3) is 0.273. The summed E-state index contributed by atoms with van der Waals surface area (Å²) in [7, 11) is 0. The fourth-order valence-electron chi connectivity index (χ4n) is 3.74. The van der Waals surface area contributed by atoms with Crippen molar-refractivity contribution in [3.8, 4) is 11.4 Å². The number of hydrogen-bond donors (Lipinski definition) is 1. The van der Waals surface area contributed by atoms with Gasteiger partial charge in [-0.2, -0.15) is 4.98 Å². The van der Waals surface area contributed by atoms with Crippen LogP contribution in [-0.2, 0) is 4.79 Å². The molecule has 2 aromatic carbocycles. The Bertz CT molecular complexity index is 1160. The molecule has 2 aromatic heterocycles. The minimum Gasteiger partial charge on any atom is -0.324 e. The van der Waals surface area contributed by atoms with E-state index in [1.165, 1.54) is 11.3 Å². The lowest BCUT2D eigenvalue weighted by Gasteiger charge is -2.29. The maximum atomic E-state index is 12.7. The van der Waals surface area contributed by atoms with E-state index in [1.54, 1.807) is 0 Å². The van der Waals surface area contributed by atoms with Gasteiger partial charge < -0.3 is 14.7 Å². The van der Waals surface area contributed by atoms with Gasteiger partial charge in [0.05, 0.1) is 10.2 Å². The molecule has 8 heteroatoms. The number of nitrogens with zero attached hydrogens (tertiary/aromatic N) is 4. The Morgan fingerprint density at radius 2 is 1.87 bits per heavy atom. The van der Waals surface area contributed by atoms with Gasteiger partial charge in [-0.15, -0.1) is 0 Å². The van der Waals surface area contributed by atoms with Crippen molar-refractivity contribution in [3.63, 3.8) is 0 Å². The number of aromatic nitrogens is 3. The van der Waals surface area contributed by atoms with Gasteiger partial charge in [-0.1, -0.05) is 52.9 Å². The summed E-state index contributed by atoms with van der Waals surface area (Å²) in [6.07, 6.45) is 1.47. The molecule has 7 nitrogen and oxygen atoms in total. The number of rotatable bonds is 4. The molecule has 1 saturated heterocycles. The van der Waals surface area contributed by atoms with E-state index in [2.05, 4.69) is 25.3 Å². The van der Waals surface area contributed by atoms with Crippen LogP contribution in [0.3, 0.4) is 0 Å². The molecule has 1 amide bonds. The summed E-state index contributed by atoms with van der Waals surface area (Å²) in [5.74, 6) is 0.575. The van der Waals surface area contributed by atoms with E-state index in [-0.39, 0.29) is 11.8 Å². The molecule has 1 aliphatic rings. The molecule has 0 saturated carbocycles. The van der Waals surface area contributed by atoms with Crippen molar-refractivity contribution >= 4 is 38.6 Å². The molecule has 0 radical (unpaired) electrons. The Kier molecular flexibility index (Phi) is 4.92. The normalized spacial score (nSPS) is 14.9. The maximum Gasteiger partial charge on any atom is 0.324 e. The number of para-hydroxylation sites is 1. The number of amides is 1. The highest BCUT2D eigenvalue weighted by atomic mass is 32.1. The molecule has 3 heterocycles. The zero-order chi connectivity index (χ0) is 20.5. The number of anilines is 2. The minimum atomic E-state index is -0.0491.